The fraction of sp³-hybridized carbons (Fsp3) is 0.421. The number of nitrogens with zero attached hydrogens (tertiary/aromatic N) is 2. The zero-order chi connectivity index (χ0) is 17.8. The molecule has 0 atom stereocenters. The fourth-order valence-corrected chi connectivity index (χ4v) is 3.73. The fourth-order valence-electron chi connectivity index (χ4n) is 2.90. The molecule has 0 radical (unpaired) electrons. The molecule has 1 fully saturated rings. The number of rotatable bonds is 4. The van der Waals surface area contributed by atoms with Gasteiger partial charge in [0.25, 0.3) is 5.91 Å². The monoisotopic (exact) mass is 358 g/mol. The zero-order valence-electron chi connectivity index (χ0n) is 14.5. The molecule has 5 nitrogen and oxygen atoms in total. The molecule has 2 heterocycles. The molecule has 25 heavy (non-hydrogen) atoms. The maximum Gasteiger partial charge on any atom is 0.351 e. The summed E-state index contributed by atoms with van der Waals surface area (Å²) >= 11 is 1.29. The highest BCUT2D eigenvalue weighted by atomic mass is 32.1. The third kappa shape index (κ3) is 4.25. The average Bonchev–Trinajstić information content (AvgIpc) is 3.02. The Morgan fingerprint density at radius 1 is 1.24 bits per heavy atom. The summed E-state index contributed by atoms with van der Waals surface area (Å²) in [7, 11) is 0. The SMILES string of the molecule is Cc1nc(-c2ccccc2)c(C(=O)OCC(=O)N2CCC(C)CC2)s1. The van der Waals surface area contributed by atoms with E-state index in [1.165, 1.54) is 11.3 Å². The van der Waals surface area contributed by atoms with Crippen LogP contribution < -0.4 is 0 Å². The van der Waals surface area contributed by atoms with Gasteiger partial charge in [0.05, 0.1) is 10.7 Å². The predicted molar refractivity (Wildman–Crippen MR) is 97.5 cm³/mol. The van der Waals surface area contributed by atoms with E-state index in [2.05, 4.69) is 11.9 Å². The molecule has 0 aliphatic carbocycles. The smallest absolute Gasteiger partial charge is 0.351 e. The molecule has 0 spiro atoms. The Kier molecular flexibility index (Phi) is 5.48. The number of piperidine rings is 1. The lowest BCUT2D eigenvalue weighted by atomic mass is 9.99. The number of carbonyl (C=O) groups excluding carboxylic acids is 2. The Hall–Kier alpha value is -2.21. The van der Waals surface area contributed by atoms with Gasteiger partial charge in [-0.15, -0.1) is 11.3 Å². The number of carbonyl (C=O) groups is 2. The highest BCUT2D eigenvalue weighted by Crippen LogP contribution is 2.28. The summed E-state index contributed by atoms with van der Waals surface area (Å²) in [6, 6.07) is 9.54. The Labute approximate surface area is 151 Å². The molecule has 0 unspecified atom stereocenters. The molecule has 2 aromatic rings. The molecular weight excluding hydrogens is 336 g/mol. The molecule has 1 saturated heterocycles. The van der Waals surface area contributed by atoms with Gasteiger partial charge in [0.2, 0.25) is 0 Å². The van der Waals surface area contributed by atoms with Crippen molar-refractivity contribution >= 4 is 23.2 Å². The number of aromatic nitrogens is 1. The van der Waals surface area contributed by atoms with Crippen LogP contribution in [-0.4, -0.2) is 41.5 Å². The number of benzene rings is 1. The largest absolute Gasteiger partial charge is 0.451 e. The summed E-state index contributed by atoms with van der Waals surface area (Å²) in [4.78, 5) is 31.4. The summed E-state index contributed by atoms with van der Waals surface area (Å²) in [5.74, 6) is 0.0473. The Morgan fingerprint density at radius 3 is 2.60 bits per heavy atom. The van der Waals surface area contributed by atoms with Crippen LogP contribution in [0.2, 0.25) is 0 Å². The molecule has 1 amide bonds. The molecule has 0 saturated carbocycles. The summed E-state index contributed by atoms with van der Waals surface area (Å²) in [5, 5.41) is 0.794. The Balaban J connectivity index is 1.65. The normalized spacial score (nSPS) is 15.2. The molecule has 0 N–H and O–H groups in total. The van der Waals surface area contributed by atoms with Gasteiger partial charge in [-0.2, -0.15) is 0 Å². The number of amides is 1. The maximum atomic E-state index is 12.5. The van der Waals surface area contributed by atoms with Gasteiger partial charge in [-0.05, 0) is 25.7 Å². The van der Waals surface area contributed by atoms with E-state index in [4.69, 9.17) is 4.74 Å². The van der Waals surface area contributed by atoms with Gasteiger partial charge < -0.3 is 9.64 Å². The van der Waals surface area contributed by atoms with E-state index in [-0.39, 0.29) is 12.5 Å². The van der Waals surface area contributed by atoms with Gasteiger partial charge in [0.1, 0.15) is 4.88 Å². The highest BCUT2D eigenvalue weighted by Gasteiger charge is 2.24. The third-order valence-corrected chi connectivity index (χ3v) is 5.38. The number of hydrogen-bond acceptors (Lipinski definition) is 5. The number of likely N-dealkylation sites (tertiary alicyclic amines) is 1. The van der Waals surface area contributed by atoms with E-state index in [1.54, 1.807) is 4.90 Å². The van der Waals surface area contributed by atoms with Gasteiger partial charge >= 0.3 is 5.97 Å². The first-order valence-corrected chi connectivity index (χ1v) is 9.34. The van der Waals surface area contributed by atoms with Gasteiger partial charge in [0.15, 0.2) is 6.61 Å². The molecule has 6 heteroatoms. The predicted octanol–water partition coefficient (Wildman–Crippen LogP) is 3.53. The highest BCUT2D eigenvalue weighted by molar-refractivity contribution is 7.14. The topological polar surface area (TPSA) is 59.5 Å². The van der Waals surface area contributed by atoms with Gasteiger partial charge in [-0.3, -0.25) is 4.79 Å². The molecule has 1 aromatic heterocycles. The molecule has 132 valence electrons. The third-order valence-electron chi connectivity index (χ3n) is 4.43. The average molecular weight is 358 g/mol. The van der Waals surface area contributed by atoms with Gasteiger partial charge in [0, 0.05) is 18.7 Å². The minimum absolute atomic E-state index is 0.122. The minimum atomic E-state index is -0.483. The van der Waals surface area contributed by atoms with E-state index in [0.717, 1.165) is 36.5 Å². The van der Waals surface area contributed by atoms with E-state index in [0.29, 0.717) is 16.5 Å². The second-order valence-corrected chi connectivity index (χ2v) is 7.62. The number of aryl methyl sites for hydroxylation is 1. The first-order valence-electron chi connectivity index (χ1n) is 8.52. The first kappa shape index (κ1) is 17.6. The van der Waals surface area contributed by atoms with Crippen LogP contribution in [0.1, 0.15) is 34.4 Å². The lowest BCUT2D eigenvalue weighted by Gasteiger charge is -2.30. The number of ether oxygens (including phenoxy) is 1. The molecule has 3 rings (SSSR count). The van der Waals surface area contributed by atoms with E-state index in [1.807, 2.05) is 37.3 Å². The van der Waals surface area contributed by atoms with Crippen LogP contribution in [0.25, 0.3) is 11.3 Å². The molecule has 1 aliphatic heterocycles. The number of esters is 1. The summed E-state index contributed by atoms with van der Waals surface area (Å²) in [5.41, 5.74) is 1.49. The summed E-state index contributed by atoms with van der Waals surface area (Å²) in [6.07, 6.45) is 2.01. The number of thiazole rings is 1. The zero-order valence-corrected chi connectivity index (χ0v) is 15.3. The van der Waals surface area contributed by atoms with E-state index in [9.17, 15) is 9.59 Å². The van der Waals surface area contributed by atoms with Crippen LogP contribution in [0.5, 0.6) is 0 Å². The van der Waals surface area contributed by atoms with Crippen molar-refractivity contribution in [1.29, 1.82) is 0 Å². The lowest BCUT2D eigenvalue weighted by Crippen LogP contribution is -2.40. The van der Waals surface area contributed by atoms with E-state index >= 15 is 0 Å². The van der Waals surface area contributed by atoms with Crippen molar-refractivity contribution in [2.75, 3.05) is 19.7 Å². The van der Waals surface area contributed by atoms with E-state index < -0.39 is 5.97 Å². The molecule has 1 aromatic carbocycles. The van der Waals surface area contributed by atoms with Crippen LogP contribution >= 0.6 is 11.3 Å². The standard InChI is InChI=1S/C19H22N2O3S/c1-13-8-10-21(11-9-13)16(22)12-24-19(23)18-17(20-14(2)25-18)15-6-4-3-5-7-15/h3-7,13H,8-12H2,1-2H3. The summed E-state index contributed by atoms with van der Waals surface area (Å²) in [6.45, 7) is 5.32. The van der Waals surface area contributed by atoms with Crippen molar-refractivity contribution in [3.05, 3.63) is 40.2 Å². The van der Waals surface area contributed by atoms with Crippen molar-refractivity contribution in [3.8, 4) is 11.3 Å². The maximum absolute atomic E-state index is 12.5. The lowest BCUT2D eigenvalue weighted by molar-refractivity contribution is -0.135. The van der Waals surface area contributed by atoms with Crippen molar-refractivity contribution in [3.63, 3.8) is 0 Å². The molecule has 1 aliphatic rings. The summed E-state index contributed by atoms with van der Waals surface area (Å²) < 4.78 is 5.29. The van der Waals surface area contributed by atoms with Crippen LogP contribution in [-0.2, 0) is 9.53 Å². The van der Waals surface area contributed by atoms with Crippen LogP contribution in [0.15, 0.2) is 30.3 Å². The van der Waals surface area contributed by atoms with Gasteiger partial charge in [-0.1, -0.05) is 37.3 Å². The second-order valence-electron chi connectivity index (χ2n) is 6.42. The molecular formula is C19H22N2O3S. The van der Waals surface area contributed by atoms with Crippen LogP contribution in [0, 0.1) is 12.8 Å². The second kappa shape index (κ2) is 7.78. The first-order chi connectivity index (χ1) is 12.0. The minimum Gasteiger partial charge on any atom is -0.451 e. The Bertz CT molecular complexity index is 749. The van der Waals surface area contributed by atoms with Crippen LogP contribution in [0.4, 0.5) is 0 Å². The Morgan fingerprint density at radius 2 is 1.92 bits per heavy atom. The number of hydrogen-bond donors (Lipinski definition) is 0. The van der Waals surface area contributed by atoms with Crippen molar-refractivity contribution in [1.82, 2.24) is 9.88 Å². The quantitative estimate of drug-likeness (QED) is 0.785. The van der Waals surface area contributed by atoms with Crippen molar-refractivity contribution in [2.24, 2.45) is 5.92 Å². The van der Waals surface area contributed by atoms with Gasteiger partial charge in [-0.25, -0.2) is 9.78 Å². The van der Waals surface area contributed by atoms with Crippen molar-refractivity contribution in [2.45, 2.75) is 26.7 Å². The molecule has 0 bridgehead atoms. The van der Waals surface area contributed by atoms with Crippen molar-refractivity contribution < 1.29 is 14.3 Å². The van der Waals surface area contributed by atoms with Crippen LogP contribution in [0.3, 0.4) is 0 Å².